The van der Waals surface area contributed by atoms with E-state index in [0.717, 1.165) is 32.2 Å². The molecule has 0 aliphatic heterocycles. The lowest BCUT2D eigenvalue weighted by Crippen LogP contribution is -2.38. The summed E-state index contributed by atoms with van der Waals surface area (Å²) in [4.78, 5) is 0. The van der Waals surface area contributed by atoms with Crippen molar-refractivity contribution in [3.05, 3.63) is 22.4 Å². The molecule has 1 saturated carbocycles. The second kappa shape index (κ2) is 5.50. The topological polar surface area (TPSA) is 46.2 Å². The Morgan fingerprint density at radius 2 is 2.29 bits per heavy atom. The Morgan fingerprint density at radius 1 is 1.47 bits per heavy atom. The molecule has 0 amide bonds. The average Bonchev–Trinajstić information content (AvgIpc) is 2.78. The van der Waals surface area contributed by atoms with Crippen LogP contribution in [0.3, 0.4) is 0 Å². The van der Waals surface area contributed by atoms with Crippen LogP contribution in [0.15, 0.2) is 16.8 Å². The molecule has 2 atom stereocenters. The van der Waals surface area contributed by atoms with E-state index in [9.17, 15) is 8.42 Å². The molecule has 96 valence electrons. The van der Waals surface area contributed by atoms with Crippen molar-refractivity contribution in [2.75, 3.05) is 6.26 Å². The highest BCUT2D eigenvalue weighted by Gasteiger charge is 2.28. The molecule has 1 N–H and O–H groups in total. The van der Waals surface area contributed by atoms with Gasteiger partial charge in [-0.1, -0.05) is 6.42 Å². The fraction of sp³-hybridized carbons (Fsp3) is 0.667. The molecule has 1 aromatic rings. The van der Waals surface area contributed by atoms with E-state index in [1.807, 2.05) is 0 Å². The zero-order valence-electron chi connectivity index (χ0n) is 10.1. The summed E-state index contributed by atoms with van der Waals surface area (Å²) < 4.78 is 23.1. The lowest BCUT2D eigenvalue weighted by Gasteiger charge is -2.28. The van der Waals surface area contributed by atoms with Gasteiger partial charge < -0.3 is 5.32 Å². The molecule has 2 unspecified atom stereocenters. The summed E-state index contributed by atoms with van der Waals surface area (Å²) in [6, 6.07) is 2.46. The minimum absolute atomic E-state index is 0.142. The van der Waals surface area contributed by atoms with E-state index >= 15 is 0 Å². The van der Waals surface area contributed by atoms with Crippen molar-refractivity contribution in [1.29, 1.82) is 0 Å². The van der Waals surface area contributed by atoms with Crippen molar-refractivity contribution in [2.24, 2.45) is 0 Å². The van der Waals surface area contributed by atoms with Crippen molar-refractivity contribution >= 4 is 21.2 Å². The van der Waals surface area contributed by atoms with Gasteiger partial charge in [-0.05, 0) is 41.7 Å². The van der Waals surface area contributed by atoms with Crippen molar-refractivity contribution in [3.63, 3.8) is 0 Å². The first-order valence-electron chi connectivity index (χ1n) is 5.99. The smallest absolute Gasteiger partial charge is 0.150 e. The van der Waals surface area contributed by atoms with Crippen molar-refractivity contribution in [1.82, 2.24) is 5.32 Å². The molecule has 0 spiro atoms. The van der Waals surface area contributed by atoms with Crippen LogP contribution in [-0.4, -0.2) is 26.0 Å². The molecule has 1 aromatic heterocycles. The minimum atomic E-state index is -2.87. The molecular formula is C12H19NO2S2. The van der Waals surface area contributed by atoms with E-state index in [1.54, 1.807) is 11.3 Å². The van der Waals surface area contributed by atoms with Crippen LogP contribution in [0.25, 0.3) is 0 Å². The third kappa shape index (κ3) is 3.79. The third-order valence-corrected chi connectivity index (χ3v) is 5.78. The lowest BCUT2D eigenvalue weighted by atomic mass is 9.95. The van der Waals surface area contributed by atoms with Gasteiger partial charge in [0.2, 0.25) is 0 Å². The van der Waals surface area contributed by atoms with Crippen LogP contribution < -0.4 is 5.32 Å². The average molecular weight is 273 g/mol. The maximum Gasteiger partial charge on any atom is 0.150 e. The van der Waals surface area contributed by atoms with Crippen LogP contribution in [0.4, 0.5) is 0 Å². The monoisotopic (exact) mass is 273 g/mol. The molecule has 0 saturated heterocycles. The van der Waals surface area contributed by atoms with Gasteiger partial charge in [-0.25, -0.2) is 8.42 Å². The van der Waals surface area contributed by atoms with Crippen LogP contribution in [-0.2, 0) is 16.4 Å². The quantitative estimate of drug-likeness (QED) is 0.914. The lowest BCUT2D eigenvalue weighted by molar-refractivity contribution is 0.371. The van der Waals surface area contributed by atoms with Gasteiger partial charge in [0.25, 0.3) is 0 Å². The Kier molecular flexibility index (Phi) is 4.22. The largest absolute Gasteiger partial charge is 0.310 e. The molecular weight excluding hydrogens is 254 g/mol. The summed E-state index contributed by atoms with van der Waals surface area (Å²) in [6.45, 7) is 0.852. The van der Waals surface area contributed by atoms with Gasteiger partial charge in [0.1, 0.15) is 9.84 Å². The third-order valence-electron chi connectivity index (χ3n) is 3.41. The zero-order chi connectivity index (χ0) is 12.3. The van der Waals surface area contributed by atoms with E-state index in [2.05, 4.69) is 22.1 Å². The van der Waals surface area contributed by atoms with Gasteiger partial charge >= 0.3 is 0 Å². The van der Waals surface area contributed by atoms with Gasteiger partial charge in [-0.2, -0.15) is 11.3 Å². The molecule has 0 bridgehead atoms. The Morgan fingerprint density at radius 3 is 2.94 bits per heavy atom. The number of rotatable bonds is 4. The Hall–Kier alpha value is -0.390. The van der Waals surface area contributed by atoms with Crippen LogP contribution in [0.5, 0.6) is 0 Å². The highest BCUT2D eigenvalue weighted by molar-refractivity contribution is 7.91. The molecule has 0 radical (unpaired) electrons. The van der Waals surface area contributed by atoms with E-state index in [1.165, 1.54) is 11.8 Å². The summed E-state index contributed by atoms with van der Waals surface area (Å²) in [6.07, 6.45) is 5.06. The van der Waals surface area contributed by atoms with Crippen molar-refractivity contribution in [3.8, 4) is 0 Å². The Bertz CT molecular complexity index is 439. The summed E-state index contributed by atoms with van der Waals surface area (Å²) >= 11 is 1.70. The van der Waals surface area contributed by atoms with E-state index in [-0.39, 0.29) is 5.25 Å². The number of sulfone groups is 1. The van der Waals surface area contributed by atoms with E-state index in [0.29, 0.717) is 6.04 Å². The van der Waals surface area contributed by atoms with Crippen molar-refractivity contribution < 1.29 is 8.42 Å². The number of nitrogens with one attached hydrogen (secondary N) is 1. The summed E-state index contributed by atoms with van der Waals surface area (Å²) in [5.41, 5.74) is 1.29. The van der Waals surface area contributed by atoms with Crippen LogP contribution >= 0.6 is 11.3 Å². The molecule has 5 heteroatoms. The number of hydrogen-bond donors (Lipinski definition) is 1. The van der Waals surface area contributed by atoms with Gasteiger partial charge in [-0.15, -0.1) is 0 Å². The normalized spacial score (nSPS) is 25.9. The Labute approximate surface area is 107 Å². The maximum absolute atomic E-state index is 11.5. The van der Waals surface area contributed by atoms with Gasteiger partial charge in [0.15, 0.2) is 0 Å². The number of hydrogen-bond acceptors (Lipinski definition) is 4. The predicted octanol–water partition coefficient (Wildman–Crippen LogP) is 2.19. The maximum atomic E-state index is 11.5. The molecule has 1 heterocycles. The van der Waals surface area contributed by atoms with Crippen LogP contribution in [0.1, 0.15) is 31.2 Å². The first kappa shape index (κ1) is 13.1. The molecule has 1 aliphatic rings. The second-order valence-corrected chi connectivity index (χ2v) is 7.93. The molecule has 2 rings (SSSR count). The predicted molar refractivity (Wildman–Crippen MR) is 72.0 cm³/mol. The summed E-state index contributed by atoms with van der Waals surface area (Å²) in [5.74, 6) is 0. The first-order chi connectivity index (χ1) is 8.05. The fourth-order valence-electron chi connectivity index (χ4n) is 2.37. The first-order valence-corrected chi connectivity index (χ1v) is 8.89. The number of thiophene rings is 1. The molecule has 3 nitrogen and oxygen atoms in total. The van der Waals surface area contributed by atoms with Crippen LogP contribution in [0, 0.1) is 0 Å². The van der Waals surface area contributed by atoms with Crippen LogP contribution in [0.2, 0.25) is 0 Å². The standard InChI is InChI=1S/C12H19NO2S2/c1-17(14,15)12-4-2-3-11(7-12)13-8-10-5-6-16-9-10/h5-6,9,11-13H,2-4,7-8H2,1H3. The minimum Gasteiger partial charge on any atom is -0.310 e. The fourth-order valence-corrected chi connectivity index (χ4v) is 4.22. The Balaban J connectivity index is 1.85. The highest BCUT2D eigenvalue weighted by atomic mass is 32.2. The van der Waals surface area contributed by atoms with E-state index in [4.69, 9.17) is 0 Å². The van der Waals surface area contributed by atoms with Gasteiger partial charge in [0.05, 0.1) is 5.25 Å². The van der Waals surface area contributed by atoms with Gasteiger partial charge in [0, 0.05) is 18.8 Å². The second-order valence-electron chi connectivity index (χ2n) is 4.83. The SMILES string of the molecule is CS(=O)(=O)C1CCCC(NCc2ccsc2)C1. The highest BCUT2D eigenvalue weighted by Crippen LogP contribution is 2.24. The summed E-state index contributed by atoms with van der Waals surface area (Å²) in [5, 5.41) is 7.52. The van der Waals surface area contributed by atoms with Gasteiger partial charge in [-0.3, -0.25) is 0 Å². The van der Waals surface area contributed by atoms with Crippen molar-refractivity contribution in [2.45, 2.75) is 43.5 Å². The molecule has 1 aliphatic carbocycles. The molecule has 0 aromatic carbocycles. The molecule has 1 fully saturated rings. The van der Waals surface area contributed by atoms with E-state index < -0.39 is 9.84 Å². The molecule has 17 heavy (non-hydrogen) atoms. The zero-order valence-corrected chi connectivity index (χ0v) is 11.7. The summed E-state index contributed by atoms with van der Waals surface area (Å²) in [7, 11) is -2.87.